The van der Waals surface area contributed by atoms with E-state index in [-0.39, 0.29) is 38.3 Å². The van der Waals surface area contributed by atoms with Gasteiger partial charge in [0.25, 0.3) is 0 Å². The first-order valence-electron chi connectivity index (χ1n) is 10.8. The second kappa shape index (κ2) is 15.2. The molecule has 0 aromatic heterocycles. The monoisotopic (exact) mass is 616 g/mol. The molecule has 0 aliphatic carbocycles. The molecule has 0 radical (unpaired) electrons. The predicted octanol–water partition coefficient (Wildman–Crippen LogP) is 0.448. The van der Waals surface area contributed by atoms with Gasteiger partial charge in [-0.05, 0) is 0 Å². The molecule has 0 heterocycles. The van der Waals surface area contributed by atoms with Gasteiger partial charge in [-0.1, -0.05) is 0 Å². The van der Waals surface area contributed by atoms with Crippen molar-refractivity contribution in [3.8, 4) is 0 Å². The van der Waals surface area contributed by atoms with Crippen LogP contribution >= 0.6 is 21.8 Å². The molecule has 0 fully saturated rings. The van der Waals surface area contributed by atoms with Crippen molar-refractivity contribution < 1.29 is 34.2 Å². The fraction of sp³-hybridized carbons (Fsp3) is 0.261. The molecule has 2 aromatic carbocycles. The maximum atomic E-state index is 12.8. The van der Waals surface area contributed by atoms with Gasteiger partial charge >= 0.3 is 228 Å². The molecule has 14 heteroatoms. The third kappa shape index (κ3) is 10.8. The summed E-state index contributed by atoms with van der Waals surface area (Å²) in [5.41, 5.74) is 6.43. The van der Waals surface area contributed by atoms with Crippen molar-refractivity contribution in [1.29, 1.82) is 0 Å². The number of aliphatic carboxylic acids is 2. The Kier molecular flexibility index (Phi) is 12.4. The number of amides is 3. The van der Waals surface area contributed by atoms with Crippen molar-refractivity contribution in [2.45, 2.75) is 24.9 Å². The molecule has 0 bridgehead atoms. The first kappa shape index (κ1) is 30.1. The molecule has 7 N–H and O–H groups in total. The number of anilines is 1. The summed E-state index contributed by atoms with van der Waals surface area (Å²) >= 11 is 5.53. The zero-order valence-corrected chi connectivity index (χ0v) is 22.6. The van der Waals surface area contributed by atoms with E-state index in [9.17, 15) is 24.0 Å². The van der Waals surface area contributed by atoms with E-state index >= 15 is 0 Å². The molecule has 0 aliphatic rings. The Morgan fingerprint density at radius 2 is 1.70 bits per heavy atom. The normalized spacial score (nSPS) is 12.2. The molecule has 37 heavy (non-hydrogen) atoms. The van der Waals surface area contributed by atoms with Crippen molar-refractivity contribution in [2.24, 2.45) is 5.73 Å². The van der Waals surface area contributed by atoms with Gasteiger partial charge in [0.15, 0.2) is 0 Å². The molecule has 2 atom stereocenters. The van der Waals surface area contributed by atoms with Crippen molar-refractivity contribution in [2.75, 3.05) is 17.6 Å². The van der Waals surface area contributed by atoms with Crippen LogP contribution in [-0.4, -0.2) is 78.1 Å². The number of hydrogen-bond acceptors (Lipinski definition) is 7. The van der Waals surface area contributed by atoms with Crippen LogP contribution in [0.25, 0.3) is 0 Å². The van der Waals surface area contributed by atoms with E-state index < -0.39 is 42.4 Å². The molecular weight excluding hydrogens is 591 g/mol. The number of carbonyl (C=O) groups is 5. The molecule has 0 saturated carbocycles. The van der Waals surface area contributed by atoms with Crippen LogP contribution in [0.5, 0.6) is 0 Å². The molecule has 2 aromatic rings. The van der Waals surface area contributed by atoms with Gasteiger partial charge in [-0.2, -0.15) is 0 Å². The summed E-state index contributed by atoms with van der Waals surface area (Å²) in [7, 11) is 1.31. The number of carbonyl (C=O) groups excluding carboxylic acids is 3. The minimum atomic E-state index is -1.25. The van der Waals surface area contributed by atoms with Gasteiger partial charge < -0.3 is 0 Å². The Morgan fingerprint density at radius 3 is 2.35 bits per heavy atom. The Labute approximate surface area is 227 Å². The van der Waals surface area contributed by atoms with E-state index in [4.69, 9.17) is 27.5 Å². The second-order valence-corrected chi connectivity index (χ2v) is 12.2. The summed E-state index contributed by atoms with van der Waals surface area (Å²) < 4.78 is 0.745. The number of nitrogens with two attached hydrogens (primary N) is 1. The molecule has 0 saturated heterocycles. The standard InChI is InChI=1S/C23H25ClN4O7SSe/c24-13-5-7-14(8-6-13)27-21(32)15-3-1-2-4-18(15)37-36-12-17(22(33)26-11-20(30)31)28-19(29)10-9-16(25)23(34)35/h1-8,16-17H,9-12,25H2,(H,26,33)(H,27,32)(H,28,29)(H,30,31)(H,34,35)/t16-,17-/m1/s1. The summed E-state index contributed by atoms with van der Waals surface area (Å²) in [5.74, 6) is -4.02. The van der Waals surface area contributed by atoms with E-state index in [0.29, 0.717) is 16.3 Å². The summed E-state index contributed by atoms with van der Waals surface area (Å²) in [4.78, 5) is 59.2. The van der Waals surface area contributed by atoms with Crippen LogP contribution in [0.2, 0.25) is 5.02 Å². The third-order valence-electron chi connectivity index (χ3n) is 4.68. The van der Waals surface area contributed by atoms with E-state index in [1.54, 1.807) is 48.5 Å². The fourth-order valence-electron chi connectivity index (χ4n) is 2.77. The predicted molar refractivity (Wildman–Crippen MR) is 141 cm³/mol. The minimum absolute atomic E-state index is 0.0926. The first-order valence-corrected chi connectivity index (χ1v) is 15.0. The average molecular weight is 616 g/mol. The summed E-state index contributed by atoms with van der Waals surface area (Å²) in [6.07, 6.45) is -0.350. The Bertz CT molecular complexity index is 1140. The summed E-state index contributed by atoms with van der Waals surface area (Å²) in [6.45, 7) is -0.626. The number of carboxylic acids is 2. The number of rotatable bonds is 14. The van der Waals surface area contributed by atoms with Crippen molar-refractivity contribution >= 4 is 75.4 Å². The third-order valence-corrected chi connectivity index (χ3v) is 9.18. The Balaban J connectivity index is 2.02. The van der Waals surface area contributed by atoms with Gasteiger partial charge in [-0.25, -0.2) is 0 Å². The topological polar surface area (TPSA) is 188 Å². The molecule has 11 nitrogen and oxygen atoms in total. The van der Waals surface area contributed by atoms with Crippen molar-refractivity contribution in [3.05, 3.63) is 59.1 Å². The number of nitrogens with one attached hydrogen (secondary N) is 3. The number of benzene rings is 2. The van der Waals surface area contributed by atoms with Crippen LogP contribution in [-0.2, 0) is 19.2 Å². The van der Waals surface area contributed by atoms with Crippen LogP contribution in [0.15, 0.2) is 48.5 Å². The molecule has 2 rings (SSSR count). The summed E-state index contributed by atoms with van der Waals surface area (Å²) in [5, 5.41) is 25.8. The van der Waals surface area contributed by atoms with Crippen molar-refractivity contribution in [3.63, 3.8) is 0 Å². The molecule has 0 unspecified atom stereocenters. The van der Waals surface area contributed by atoms with Gasteiger partial charge in [-0.3, -0.25) is 0 Å². The van der Waals surface area contributed by atoms with Crippen LogP contribution in [0, 0.1) is 0 Å². The van der Waals surface area contributed by atoms with E-state index in [2.05, 4.69) is 16.0 Å². The zero-order chi connectivity index (χ0) is 27.4. The van der Waals surface area contributed by atoms with Crippen LogP contribution in [0.3, 0.4) is 0 Å². The summed E-state index contributed by atoms with van der Waals surface area (Å²) in [6, 6.07) is 11.3. The first-order chi connectivity index (χ1) is 17.6. The Morgan fingerprint density at radius 1 is 1.03 bits per heavy atom. The average Bonchev–Trinajstić information content (AvgIpc) is 2.86. The molecular formula is C23H25ClN4O7SSe. The van der Waals surface area contributed by atoms with Crippen LogP contribution < -0.4 is 26.1 Å². The molecule has 0 spiro atoms. The number of halogens is 1. The van der Waals surface area contributed by atoms with Gasteiger partial charge in [0, 0.05) is 0 Å². The van der Waals surface area contributed by atoms with E-state index in [1.165, 1.54) is 10.2 Å². The molecule has 3 amide bonds. The van der Waals surface area contributed by atoms with Gasteiger partial charge in [0.1, 0.15) is 0 Å². The quantitative estimate of drug-likeness (QED) is 0.164. The number of carboxylic acid groups (broad SMARTS) is 2. The van der Waals surface area contributed by atoms with Crippen LogP contribution in [0.1, 0.15) is 23.2 Å². The van der Waals surface area contributed by atoms with Gasteiger partial charge in [-0.15, -0.1) is 0 Å². The molecule has 0 aliphatic heterocycles. The SMILES string of the molecule is N[C@H](CCC(=O)N[C@H](CS[Se]c1ccccc1C(=O)Nc1ccc(Cl)cc1)C(=O)NCC(=O)O)C(=O)O. The zero-order valence-electron chi connectivity index (χ0n) is 19.3. The fourth-order valence-corrected chi connectivity index (χ4v) is 7.11. The van der Waals surface area contributed by atoms with Crippen LogP contribution in [0.4, 0.5) is 5.69 Å². The maximum absolute atomic E-state index is 12.8. The van der Waals surface area contributed by atoms with Crippen molar-refractivity contribution in [1.82, 2.24) is 10.6 Å². The van der Waals surface area contributed by atoms with E-state index in [1.807, 2.05) is 0 Å². The van der Waals surface area contributed by atoms with Gasteiger partial charge in [0.05, 0.1) is 0 Å². The number of hydrogen-bond donors (Lipinski definition) is 6. The Hall–Kier alpha value is -3.09. The molecule has 198 valence electrons. The van der Waals surface area contributed by atoms with Gasteiger partial charge in [0.2, 0.25) is 0 Å². The second-order valence-electron chi connectivity index (χ2n) is 7.54. The van der Waals surface area contributed by atoms with E-state index in [0.717, 1.165) is 4.46 Å².